The quantitative estimate of drug-likeness (QED) is 0.400. The van der Waals surface area contributed by atoms with Crippen LogP contribution in [-0.4, -0.2) is 12.1 Å². The Bertz CT molecular complexity index is 1100. The van der Waals surface area contributed by atoms with Crippen molar-refractivity contribution in [1.82, 2.24) is 4.98 Å². The molecule has 0 fully saturated rings. The highest BCUT2D eigenvalue weighted by atomic mass is 32.1. The van der Waals surface area contributed by atoms with Crippen molar-refractivity contribution < 1.29 is 9.47 Å². The average Bonchev–Trinajstić information content (AvgIpc) is 3.18. The van der Waals surface area contributed by atoms with Crippen LogP contribution in [0.2, 0.25) is 0 Å². The molecule has 0 aliphatic rings. The van der Waals surface area contributed by atoms with Gasteiger partial charge in [0.25, 0.3) is 0 Å². The minimum atomic E-state index is -0.596. The summed E-state index contributed by atoms with van der Waals surface area (Å²) in [5, 5.41) is 3.41. The average molecular weight is 390 g/mol. The van der Waals surface area contributed by atoms with Gasteiger partial charge in [-0.05, 0) is 53.9 Å². The topological polar surface area (TPSA) is 31.4 Å². The Morgan fingerprint density at radius 1 is 0.964 bits per heavy atom. The molecular weight excluding hydrogens is 366 g/mol. The van der Waals surface area contributed by atoms with Gasteiger partial charge in [-0.3, -0.25) is 0 Å². The third kappa shape index (κ3) is 3.66. The summed E-state index contributed by atoms with van der Waals surface area (Å²) in [5.41, 5.74) is 1.58. The smallest absolute Gasteiger partial charge is 0.141 e. The molecular formula is C24H23NO2S. The molecule has 0 bridgehead atoms. The summed E-state index contributed by atoms with van der Waals surface area (Å²) in [6, 6.07) is 22.9. The van der Waals surface area contributed by atoms with E-state index in [0.29, 0.717) is 6.61 Å². The van der Waals surface area contributed by atoms with Gasteiger partial charge in [-0.15, -0.1) is 11.3 Å². The van der Waals surface area contributed by atoms with Gasteiger partial charge in [-0.2, -0.15) is 0 Å². The number of nitrogens with zero attached hydrogens (tertiary/aromatic N) is 1. The molecule has 0 N–H and O–H groups in total. The largest absolute Gasteiger partial charge is 0.489 e. The van der Waals surface area contributed by atoms with E-state index in [4.69, 9.17) is 9.47 Å². The molecule has 0 aliphatic carbocycles. The molecule has 4 rings (SSSR count). The highest BCUT2D eigenvalue weighted by Crippen LogP contribution is 2.36. The maximum absolute atomic E-state index is 6.09. The maximum atomic E-state index is 6.09. The summed E-state index contributed by atoms with van der Waals surface area (Å²) in [6.07, 6.45) is 1.89. The molecule has 1 atom stereocenters. The van der Waals surface area contributed by atoms with Gasteiger partial charge in [0.1, 0.15) is 23.0 Å². The number of thiazole rings is 1. The molecule has 1 heterocycles. The normalized spacial score (nSPS) is 13.4. The van der Waals surface area contributed by atoms with Gasteiger partial charge >= 0.3 is 0 Å². The van der Waals surface area contributed by atoms with Gasteiger partial charge < -0.3 is 9.47 Å². The van der Waals surface area contributed by atoms with Gasteiger partial charge in [-0.25, -0.2) is 4.98 Å². The third-order valence-corrected chi connectivity index (χ3v) is 6.16. The summed E-state index contributed by atoms with van der Waals surface area (Å²) in [5.74, 6) is 0.821. The number of ether oxygens (including phenoxy) is 2. The zero-order valence-corrected chi connectivity index (χ0v) is 17.1. The summed E-state index contributed by atoms with van der Waals surface area (Å²) in [4.78, 5) is 5.71. The van der Waals surface area contributed by atoms with Crippen LogP contribution in [-0.2, 0) is 16.9 Å². The molecule has 0 spiro atoms. The number of benzene rings is 3. The molecule has 4 heteroatoms. The number of hydrogen-bond donors (Lipinski definition) is 0. The van der Waals surface area contributed by atoms with E-state index in [1.807, 2.05) is 31.3 Å². The fourth-order valence-electron chi connectivity index (χ4n) is 3.28. The van der Waals surface area contributed by atoms with Crippen molar-refractivity contribution in [2.75, 3.05) is 7.11 Å². The second-order valence-corrected chi connectivity index (χ2v) is 8.25. The van der Waals surface area contributed by atoms with E-state index < -0.39 is 5.60 Å². The van der Waals surface area contributed by atoms with E-state index in [-0.39, 0.29) is 0 Å². The fourth-order valence-corrected chi connectivity index (χ4v) is 4.19. The minimum Gasteiger partial charge on any atom is -0.489 e. The first-order valence-electron chi connectivity index (χ1n) is 9.27. The lowest BCUT2D eigenvalue weighted by Gasteiger charge is -2.26. The minimum absolute atomic E-state index is 0.522. The van der Waals surface area contributed by atoms with Crippen molar-refractivity contribution >= 4 is 22.1 Å². The van der Waals surface area contributed by atoms with Gasteiger partial charge in [0.05, 0.1) is 0 Å². The Hall–Kier alpha value is -2.69. The van der Waals surface area contributed by atoms with Crippen LogP contribution in [0.4, 0.5) is 0 Å². The maximum Gasteiger partial charge on any atom is 0.141 e. The molecule has 4 aromatic rings. The van der Waals surface area contributed by atoms with Crippen LogP contribution in [0.1, 0.15) is 27.9 Å². The summed E-state index contributed by atoms with van der Waals surface area (Å²) in [7, 11) is 1.72. The molecule has 0 amide bonds. The van der Waals surface area contributed by atoms with Crippen molar-refractivity contribution in [2.45, 2.75) is 26.1 Å². The highest BCUT2D eigenvalue weighted by Gasteiger charge is 2.32. The zero-order valence-electron chi connectivity index (χ0n) is 16.3. The van der Waals surface area contributed by atoms with E-state index in [2.05, 4.69) is 60.4 Å². The second kappa shape index (κ2) is 7.74. The lowest BCUT2D eigenvalue weighted by atomic mass is 9.96. The Labute approximate surface area is 169 Å². The monoisotopic (exact) mass is 389 g/mol. The van der Waals surface area contributed by atoms with Crippen LogP contribution < -0.4 is 4.74 Å². The van der Waals surface area contributed by atoms with Crippen LogP contribution in [0.3, 0.4) is 0 Å². The zero-order chi connectivity index (χ0) is 19.6. The molecule has 1 unspecified atom stereocenters. The molecule has 142 valence electrons. The van der Waals surface area contributed by atoms with E-state index in [0.717, 1.165) is 21.9 Å². The Morgan fingerprint density at radius 3 is 2.54 bits per heavy atom. The standard InChI is InChI=1S/C24H23NO2S/c1-17-15-25-23(28-17)24(2,26-3)21-9-6-10-22(14-21)27-16-18-11-12-19-7-4-5-8-20(19)13-18/h4-15H,16H2,1-3H3. The highest BCUT2D eigenvalue weighted by molar-refractivity contribution is 7.11. The van der Waals surface area contributed by atoms with E-state index in [1.54, 1.807) is 18.4 Å². The molecule has 3 nitrogen and oxygen atoms in total. The van der Waals surface area contributed by atoms with Crippen molar-refractivity contribution in [3.8, 4) is 5.75 Å². The fraction of sp³-hybridized carbons (Fsp3) is 0.208. The van der Waals surface area contributed by atoms with Crippen LogP contribution in [0, 0.1) is 6.92 Å². The molecule has 28 heavy (non-hydrogen) atoms. The second-order valence-electron chi connectivity index (χ2n) is 7.01. The van der Waals surface area contributed by atoms with Crippen LogP contribution in [0.5, 0.6) is 5.75 Å². The van der Waals surface area contributed by atoms with E-state index >= 15 is 0 Å². The van der Waals surface area contributed by atoms with Gasteiger partial charge in [-0.1, -0.05) is 48.5 Å². The Kier molecular flexibility index (Phi) is 5.16. The predicted octanol–water partition coefficient (Wildman–Crippen LogP) is 6.09. The molecule has 0 radical (unpaired) electrons. The van der Waals surface area contributed by atoms with Gasteiger partial charge in [0, 0.05) is 18.2 Å². The first-order chi connectivity index (χ1) is 13.6. The lowest BCUT2D eigenvalue weighted by Crippen LogP contribution is -2.25. The molecule has 1 aromatic heterocycles. The molecule has 0 aliphatic heterocycles. The van der Waals surface area contributed by atoms with Gasteiger partial charge in [0.2, 0.25) is 0 Å². The number of rotatable bonds is 6. The van der Waals surface area contributed by atoms with E-state index in [9.17, 15) is 0 Å². The summed E-state index contributed by atoms with van der Waals surface area (Å²) in [6.45, 7) is 4.63. The Morgan fingerprint density at radius 2 is 1.79 bits per heavy atom. The van der Waals surface area contributed by atoms with Crippen molar-refractivity contribution in [2.24, 2.45) is 0 Å². The molecule has 3 aromatic carbocycles. The lowest BCUT2D eigenvalue weighted by molar-refractivity contribution is 0.0386. The number of aryl methyl sites for hydroxylation is 1. The van der Waals surface area contributed by atoms with Crippen molar-refractivity contribution in [3.05, 3.63) is 93.9 Å². The predicted molar refractivity (Wildman–Crippen MR) is 115 cm³/mol. The van der Waals surface area contributed by atoms with E-state index in [1.165, 1.54) is 15.6 Å². The molecule has 0 saturated heterocycles. The first kappa shape index (κ1) is 18.7. The van der Waals surface area contributed by atoms with Crippen LogP contribution in [0.15, 0.2) is 72.9 Å². The SMILES string of the molecule is COC(C)(c1cccc(OCc2ccc3ccccc3c2)c1)c1ncc(C)s1. The van der Waals surface area contributed by atoms with Crippen molar-refractivity contribution in [3.63, 3.8) is 0 Å². The third-order valence-electron chi connectivity index (χ3n) is 5.04. The van der Waals surface area contributed by atoms with Gasteiger partial charge in [0.15, 0.2) is 0 Å². The van der Waals surface area contributed by atoms with Crippen LogP contribution in [0.25, 0.3) is 10.8 Å². The summed E-state index contributed by atoms with van der Waals surface area (Å²) < 4.78 is 12.0. The number of aromatic nitrogens is 1. The number of fused-ring (bicyclic) bond motifs is 1. The number of methoxy groups -OCH3 is 1. The molecule has 0 saturated carbocycles. The first-order valence-corrected chi connectivity index (χ1v) is 10.1. The van der Waals surface area contributed by atoms with Crippen molar-refractivity contribution in [1.29, 1.82) is 0 Å². The summed E-state index contributed by atoms with van der Waals surface area (Å²) >= 11 is 1.65. The Balaban J connectivity index is 1.56. The van der Waals surface area contributed by atoms with Crippen LogP contribution >= 0.6 is 11.3 Å². The number of hydrogen-bond acceptors (Lipinski definition) is 4.